The largest absolute Gasteiger partial charge is 0.490 e. The van der Waals surface area contributed by atoms with Crippen molar-refractivity contribution in [3.8, 4) is 11.5 Å². The molecule has 5 rings (SSSR count). The minimum Gasteiger partial charge on any atom is -0.475 e. The third-order valence-electron chi connectivity index (χ3n) is 6.08. The van der Waals surface area contributed by atoms with E-state index in [9.17, 15) is 22.8 Å². The monoisotopic (exact) mass is 491 g/mol. The third kappa shape index (κ3) is 4.50. The first kappa shape index (κ1) is 24.0. The Bertz CT molecular complexity index is 1320. The molecule has 5 heterocycles. The highest BCUT2D eigenvalue weighted by atomic mass is 19.4. The summed E-state index contributed by atoms with van der Waals surface area (Å²) in [5.74, 6) is -1.58. The molecule has 11 nitrogen and oxygen atoms in total. The number of hydrogen-bond acceptors (Lipinski definition) is 7. The summed E-state index contributed by atoms with van der Waals surface area (Å²) >= 11 is 0. The van der Waals surface area contributed by atoms with Gasteiger partial charge in [0, 0.05) is 57.0 Å². The molecule has 2 aliphatic rings. The zero-order chi connectivity index (χ0) is 25.4. The Morgan fingerprint density at radius 1 is 1.09 bits per heavy atom. The fourth-order valence-corrected chi connectivity index (χ4v) is 4.30. The summed E-state index contributed by atoms with van der Waals surface area (Å²) in [6, 6.07) is 3.44. The molecule has 1 fully saturated rings. The van der Waals surface area contributed by atoms with Crippen LogP contribution in [0.5, 0.6) is 0 Å². The fourth-order valence-electron chi connectivity index (χ4n) is 4.30. The van der Waals surface area contributed by atoms with Crippen LogP contribution >= 0.6 is 0 Å². The van der Waals surface area contributed by atoms with Gasteiger partial charge in [-0.25, -0.2) is 9.78 Å². The number of carbonyl (C=O) groups is 2. The molecule has 0 saturated carbocycles. The lowest BCUT2D eigenvalue weighted by Gasteiger charge is -2.23. The average molecular weight is 491 g/mol. The predicted molar refractivity (Wildman–Crippen MR) is 113 cm³/mol. The van der Waals surface area contributed by atoms with Crippen LogP contribution in [0.2, 0.25) is 0 Å². The van der Waals surface area contributed by atoms with Crippen LogP contribution in [-0.2, 0) is 23.8 Å². The van der Waals surface area contributed by atoms with Gasteiger partial charge in [0.25, 0.3) is 11.5 Å². The van der Waals surface area contributed by atoms with E-state index in [0.29, 0.717) is 36.8 Å². The highest BCUT2D eigenvalue weighted by Gasteiger charge is 2.48. The second kappa shape index (κ2) is 8.92. The zero-order valence-corrected chi connectivity index (χ0v) is 18.4. The van der Waals surface area contributed by atoms with Gasteiger partial charge >= 0.3 is 12.1 Å². The number of carboxylic acid groups (broad SMARTS) is 1. The number of alkyl halides is 3. The molecule has 1 N–H and O–H groups in total. The summed E-state index contributed by atoms with van der Waals surface area (Å²) in [4.78, 5) is 44.7. The summed E-state index contributed by atoms with van der Waals surface area (Å²) in [6.07, 6.45) is 3.12. The number of carboxylic acids is 1. The number of fused-ring (bicyclic) bond motifs is 2. The summed E-state index contributed by atoms with van der Waals surface area (Å²) < 4.78 is 35.2. The number of rotatable bonds is 2. The summed E-state index contributed by atoms with van der Waals surface area (Å²) in [6.45, 7) is 1.76. The molecule has 0 radical (unpaired) electrons. The Morgan fingerprint density at radius 3 is 2.34 bits per heavy atom. The fraction of sp³-hybridized carbons (Fsp3) is 0.381. The van der Waals surface area contributed by atoms with Gasteiger partial charge in [0.05, 0.1) is 5.41 Å². The van der Waals surface area contributed by atoms with Gasteiger partial charge in [-0.1, -0.05) is 0 Å². The number of halogens is 3. The molecular weight excluding hydrogens is 471 g/mol. The Kier molecular flexibility index (Phi) is 6.13. The van der Waals surface area contributed by atoms with Gasteiger partial charge in [-0.05, 0) is 25.0 Å². The number of aromatic nitrogens is 6. The van der Waals surface area contributed by atoms with Crippen molar-refractivity contribution in [3.63, 3.8) is 0 Å². The van der Waals surface area contributed by atoms with Crippen LogP contribution in [0.1, 0.15) is 29.0 Å². The molecule has 0 aromatic carbocycles. The zero-order valence-electron chi connectivity index (χ0n) is 18.4. The number of pyridine rings is 1. The number of nitrogens with zero attached hydrogens (tertiary/aromatic N) is 7. The SMILES string of the molecule is Cn1ccnc1-c1nnc2n(c1=O)CCC21CCN(C(=O)c2ccncc2)C1.O=C(O)C(F)(F)F. The maximum Gasteiger partial charge on any atom is 0.490 e. The van der Waals surface area contributed by atoms with Crippen LogP contribution in [0.3, 0.4) is 0 Å². The number of imidazole rings is 1. The molecule has 0 bridgehead atoms. The summed E-state index contributed by atoms with van der Waals surface area (Å²) in [5.41, 5.74) is 0.402. The molecule has 2 aliphatic heterocycles. The number of aliphatic carboxylic acids is 1. The van der Waals surface area contributed by atoms with E-state index in [4.69, 9.17) is 9.90 Å². The van der Waals surface area contributed by atoms with Gasteiger partial charge < -0.3 is 14.6 Å². The Balaban J connectivity index is 0.000000364. The van der Waals surface area contributed by atoms with Crippen molar-refractivity contribution in [2.24, 2.45) is 7.05 Å². The van der Waals surface area contributed by atoms with Crippen LogP contribution in [0.15, 0.2) is 41.7 Å². The molecule has 14 heteroatoms. The lowest BCUT2D eigenvalue weighted by molar-refractivity contribution is -0.192. The molecule has 1 saturated heterocycles. The summed E-state index contributed by atoms with van der Waals surface area (Å²) in [5, 5.41) is 15.8. The van der Waals surface area contributed by atoms with Crippen molar-refractivity contribution < 1.29 is 27.9 Å². The van der Waals surface area contributed by atoms with Gasteiger partial charge in [-0.3, -0.25) is 19.1 Å². The topological polar surface area (TPSA) is 136 Å². The molecule has 0 aliphatic carbocycles. The smallest absolute Gasteiger partial charge is 0.475 e. The quantitative estimate of drug-likeness (QED) is 0.566. The van der Waals surface area contributed by atoms with E-state index in [0.717, 1.165) is 12.8 Å². The van der Waals surface area contributed by atoms with E-state index in [1.165, 1.54) is 0 Å². The van der Waals surface area contributed by atoms with Crippen molar-refractivity contribution in [2.45, 2.75) is 31.0 Å². The molecule has 3 aromatic heterocycles. The minimum atomic E-state index is -5.08. The van der Waals surface area contributed by atoms with E-state index in [2.05, 4.69) is 20.2 Å². The first-order valence-electron chi connectivity index (χ1n) is 10.5. The molecule has 1 unspecified atom stereocenters. The van der Waals surface area contributed by atoms with Crippen molar-refractivity contribution in [2.75, 3.05) is 13.1 Å². The van der Waals surface area contributed by atoms with E-state index in [-0.39, 0.29) is 22.6 Å². The Morgan fingerprint density at radius 2 is 1.74 bits per heavy atom. The van der Waals surface area contributed by atoms with Crippen molar-refractivity contribution in [1.82, 2.24) is 34.2 Å². The van der Waals surface area contributed by atoms with Crippen LogP contribution in [0.4, 0.5) is 13.2 Å². The molecule has 1 spiro atoms. The average Bonchev–Trinajstić information content (AvgIpc) is 3.54. The number of amides is 1. The van der Waals surface area contributed by atoms with Gasteiger partial charge in [-0.15, -0.1) is 10.2 Å². The maximum absolute atomic E-state index is 13.0. The Labute approximate surface area is 195 Å². The van der Waals surface area contributed by atoms with Crippen molar-refractivity contribution in [3.05, 3.63) is 58.7 Å². The first-order valence-corrected chi connectivity index (χ1v) is 10.5. The minimum absolute atomic E-state index is 0.0161. The summed E-state index contributed by atoms with van der Waals surface area (Å²) in [7, 11) is 1.82. The molecule has 35 heavy (non-hydrogen) atoms. The van der Waals surface area contributed by atoms with Crippen molar-refractivity contribution >= 4 is 11.9 Å². The number of aryl methyl sites for hydroxylation is 1. The van der Waals surface area contributed by atoms with Gasteiger partial charge in [0.15, 0.2) is 11.5 Å². The lowest BCUT2D eigenvalue weighted by Crippen LogP contribution is -2.35. The lowest BCUT2D eigenvalue weighted by atomic mass is 9.85. The van der Waals surface area contributed by atoms with E-state index < -0.39 is 12.1 Å². The van der Waals surface area contributed by atoms with E-state index in [1.807, 2.05) is 11.9 Å². The highest BCUT2D eigenvalue weighted by molar-refractivity contribution is 5.94. The second-order valence-corrected chi connectivity index (χ2v) is 8.24. The van der Waals surface area contributed by atoms with Gasteiger partial charge in [0.1, 0.15) is 5.82 Å². The van der Waals surface area contributed by atoms with Gasteiger partial charge in [-0.2, -0.15) is 13.2 Å². The first-order chi connectivity index (χ1) is 16.5. The molecular formula is C21H20F3N7O4. The van der Waals surface area contributed by atoms with Gasteiger partial charge in [0.2, 0.25) is 0 Å². The predicted octanol–water partition coefficient (Wildman–Crippen LogP) is 1.25. The molecule has 1 atom stereocenters. The third-order valence-corrected chi connectivity index (χ3v) is 6.08. The van der Waals surface area contributed by atoms with E-state index >= 15 is 0 Å². The van der Waals surface area contributed by atoms with Crippen LogP contribution < -0.4 is 5.56 Å². The molecule has 184 valence electrons. The second-order valence-electron chi connectivity index (χ2n) is 8.24. The Hall–Kier alpha value is -4.10. The van der Waals surface area contributed by atoms with Crippen LogP contribution in [0.25, 0.3) is 11.5 Å². The number of hydrogen-bond donors (Lipinski definition) is 1. The number of likely N-dealkylation sites (tertiary alicyclic amines) is 1. The normalized spacial score (nSPS) is 18.8. The molecule has 3 aromatic rings. The molecule has 1 amide bonds. The van der Waals surface area contributed by atoms with Crippen molar-refractivity contribution in [1.29, 1.82) is 0 Å². The number of carbonyl (C=O) groups excluding carboxylic acids is 1. The highest BCUT2D eigenvalue weighted by Crippen LogP contribution is 2.41. The van der Waals surface area contributed by atoms with Crippen LogP contribution in [0, 0.1) is 0 Å². The maximum atomic E-state index is 13.0. The standard InChI is InChI=1S/C19H19N7O2.C2HF3O2/c1-24-11-8-21-15(24)14-17(28)26-10-5-19(18(26)23-22-14)4-9-25(12-19)16(27)13-2-6-20-7-3-13;3-2(4,5)1(6)7/h2-3,6-8,11H,4-5,9-10,12H2,1H3;(H,6,7). The van der Waals surface area contributed by atoms with Crippen LogP contribution in [-0.4, -0.2) is 70.4 Å². The van der Waals surface area contributed by atoms with E-state index in [1.54, 1.807) is 46.1 Å².